The topological polar surface area (TPSA) is 68.8 Å². The summed E-state index contributed by atoms with van der Waals surface area (Å²) in [6, 6.07) is 8.08. The maximum Gasteiger partial charge on any atom is 0.152 e. The Balaban J connectivity index is 2.08. The minimum absolute atomic E-state index is 0.705. The summed E-state index contributed by atoms with van der Waals surface area (Å²) in [6.07, 6.45) is 4.46. The van der Waals surface area contributed by atoms with Gasteiger partial charge in [-0.15, -0.1) is 0 Å². The third-order valence-corrected chi connectivity index (χ3v) is 3.43. The quantitative estimate of drug-likeness (QED) is 0.765. The third-order valence-electron chi connectivity index (χ3n) is 3.43. The van der Waals surface area contributed by atoms with Gasteiger partial charge in [0.25, 0.3) is 0 Å². The van der Waals surface area contributed by atoms with Gasteiger partial charge in [-0.3, -0.25) is 9.67 Å². The number of nitrogens with two attached hydrogens (primary N) is 1. The molecular formula is C15H17N5. The number of hydrogen-bond donors (Lipinski definition) is 2. The van der Waals surface area contributed by atoms with Crippen molar-refractivity contribution in [2.45, 2.75) is 13.3 Å². The molecule has 0 aliphatic rings. The minimum atomic E-state index is 0.705. The molecule has 20 heavy (non-hydrogen) atoms. The van der Waals surface area contributed by atoms with Crippen molar-refractivity contribution >= 4 is 28.0 Å². The molecule has 3 rings (SSSR count). The smallest absolute Gasteiger partial charge is 0.152 e. The summed E-state index contributed by atoms with van der Waals surface area (Å²) >= 11 is 0. The van der Waals surface area contributed by atoms with Gasteiger partial charge in [0.1, 0.15) is 0 Å². The van der Waals surface area contributed by atoms with E-state index in [1.54, 1.807) is 10.9 Å². The van der Waals surface area contributed by atoms with E-state index < -0.39 is 0 Å². The Morgan fingerprint density at radius 3 is 2.90 bits per heavy atom. The average Bonchev–Trinajstić information content (AvgIpc) is 2.75. The zero-order valence-electron chi connectivity index (χ0n) is 11.6. The molecule has 102 valence electrons. The summed E-state index contributed by atoms with van der Waals surface area (Å²) in [5.74, 6) is 0.818. The van der Waals surface area contributed by atoms with Crippen LogP contribution in [0.15, 0.2) is 36.7 Å². The van der Waals surface area contributed by atoms with Gasteiger partial charge in [-0.1, -0.05) is 19.1 Å². The van der Waals surface area contributed by atoms with Crippen LogP contribution in [0.1, 0.15) is 12.6 Å². The van der Waals surface area contributed by atoms with Crippen LogP contribution >= 0.6 is 0 Å². The van der Waals surface area contributed by atoms with Crippen molar-refractivity contribution in [2.24, 2.45) is 7.05 Å². The van der Waals surface area contributed by atoms with Gasteiger partial charge in [0.05, 0.1) is 11.4 Å². The molecule has 5 nitrogen and oxygen atoms in total. The molecule has 3 N–H and O–H groups in total. The number of rotatable bonds is 3. The number of pyridine rings is 1. The van der Waals surface area contributed by atoms with Gasteiger partial charge >= 0.3 is 0 Å². The van der Waals surface area contributed by atoms with Crippen LogP contribution in [-0.2, 0) is 13.5 Å². The predicted octanol–water partition coefficient (Wildman–Crippen LogP) is 2.86. The standard InChI is InChI=1S/C15H17N5/c1-3-12-14(16)15(20(2)19-12)18-13-6-4-5-10-7-8-17-9-11(10)13/h4-9,18H,3,16H2,1-2H3. The second-order valence-electron chi connectivity index (χ2n) is 4.71. The van der Waals surface area contributed by atoms with E-state index in [0.29, 0.717) is 5.69 Å². The molecule has 0 aliphatic carbocycles. The molecule has 0 bridgehead atoms. The van der Waals surface area contributed by atoms with E-state index in [9.17, 15) is 0 Å². The van der Waals surface area contributed by atoms with Crippen molar-refractivity contribution in [3.8, 4) is 0 Å². The third kappa shape index (κ3) is 1.97. The average molecular weight is 267 g/mol. The number of fused-ring (bicyclic) bond motifs is 1. The van der Waals surface area contributed by atoms with Crippen molar-refractivity contribution in [1.82, 2.24) is 14.8 Å². The number of hydrogen-bond acceptors (Lipinski definition) is 4. The van der Waals surface area contributed by atoms with E-state index in [1.807, 2.05) is 38.4 Å². The molecule has 1 aromatic carbocycles. The second kappa shape index (κ2) is 4.85. The fraction of sp³-hybridized carbons (Fsp3) is 0.200. The minimum Gasteiger partial charge on any atom is -0.394 e. The Hall–Kier alpha value is -2.56. The van der Waals surface area contributed by atoms with Crippen LogP contribution in [0.4, 0.5) is 17.2 Å². The predicted molar refractivity (Wildman–Crippen MR) is 82.0 cm³/mol. The number of aryl methyl sites for hydroxylation is 2. The second-order valence-corrected chi connectivity index (χ2v) is 4.71. The van der Waals surface area contributed by atoms with Crippen LogP contribution < -0.4 is 11.1 Å². The van der Waals surface area contributed by atoms with Crippen LogP contribution in [0.25, 0.3) is 10.8 Å². The summed E-state index contributed by atoms with van der Waals surface area (Å²) in [5.41, 5.74) is 8.74. The molecule has 5 heteroatoms. The summed E-state index contributed by atoms with van der Waals surface area (Å²) in [7, 11) is 1.89. The fourth-order valence-corrected chi connectivity index (χ4v) is 2.36. The monoisotopic (exact) mass is 267 g/mol. The SMILES string of the molecule is CCc1nn(C)c(Nc2cccc3ccncc23)c1N. The lowest BCUT2D eigenvalue weighted by atomic mass is 10.1. The van der Waals surface area contributed by atoms with Crippen LogP contribution in [0, 0.1) is 0 Å². The zero-order chi connectivity index (χ0) is 14.1. The first-order valence-corrected chi connectivity index (χ1v) is 6.61. The molecule has 3 aromatic rings. The first kappa shape index (κ1) is 12.5. The molecule has 0 fully saturated rings. The number of anilines is 3. The molecular weight excluding hydrogens is 250 g/mol. The van der Waals surface area contributed by atoms with Crippen molar-refractivity contribution < 1.29 is 0 Å². The maximum atomic E-state index is 6.15. The maximum absolute atomic E-state index is 6.15. The highest BCUT2D eigenvalue weighted by Crippen LogP contribution is 2.29. The molecule has 0 unspecified atom stereocenters. The lowest BCUT2D eigenvalue weighted by Gasteiger charge is -2.10. The summed E-state index contributed by atoms with van der Waals surface area (Å²) < 4.78 is 1.78. The highest BCUT2D eigenvalue weighted by atomic mass is 15.3. The highest BCUT2D eigenvalue weighted by molar-refractivity contribution is 5.95. The first-order chi connectivity index (χ1) is 9.70. The lowest BCUT2D eigenvalue weighted by molar-refractivity contribution is 0.754. The van der Waals surface area contributed by atoms with E-state index >= 15 is 0 Å². The number of nitrogens with zero attached hydrogens (tertiary/aromatic N) is 3. The van der Waals surface area contributed by atoms with Crippen LogP contribution in [0.3, 0.4) is 0 Å². The number of aromatic nitrogens is 3. The summed E-state index contributed by atoms with van der Waals surface area (Å²) in [6.45, 7) is 2.05. The summed E-state index contributed by atoms with van der Waals surface area (Å²) in [4.78, 5) is 4.19. The molecule has 0 radical (unpaired) electrons. The largest absolute Gasteiger partial charge is 0.394 e. The van der Waals surface area contributed by atoms with Gasteiger partial charge in [0.2, 0.25) is 0 Å². The Labute approximate surface area is 117 Å². The van der Waals surface area contributed by atoms with Crippen molar-refractivity contribution in [3.63, 3.8) is 0 Å². The van der Waals surface area contributed by atoms with E-state index in [2.05, 4.69) is 21.5 Å². The van der Waals surface area contributed by atoms with Gasteiger partial charge in [0, 0.05) is 30.5 Å². The number of benzene rings is 1. The zero-order valence-corrected chi connectivity index (χ0v) is 11.6. The Morgan fingerprint density at radius 1 is 1.30 bits per heavy atom. The van der Waals surface area contributed by atoms with E-state index in [0.717, 1.165) is 34.4 Å². The van der Waals surface area contributed by atoms with Gasteiger partial charge in [-0.2, -0.15) is 5.10 Å². The first-order valence-electron chi connectivity index (χ1n) is 6.61. The van der Waals surface area contributed by atoms with Crippen molar-refractivity contribution in [3.05, 3.63) is 42.4 Å². The van der Waals surface area contributed by atoms with E-state index in [-0.39, 0.29) is 0 Å². The molecule has 0 amide bonds. The van der Waals surface area contributed by atoms with Crippen LogP contribution in [-0.4, -0.2) is 14.8 Å². The lowest BCUT2D eigenvalue weighted by Crippen LogP contribution is -2.01. The normalized spacial score (nSPS) is 10.9. The Kier molecular flexibility index (Phi) is 3.02. The molecule has 0 saturated carbocycles. The molecule has 0 aliphatic heterocycles. The fourth-order valence-electron chi connectivity index (χ4n) is 2.36. The molecule has 0 atom stereocenters. The van der Waals surface area contributed by atoms with Gasteiger partial charge in [0.15, 0.2) is 5.82 Å². The molecule has 2 heterocycles. The van der Waals surface area contributed by atoms with E-state index in [4.69, 9.17) is 5.73 Å². The van der Waals surface area contributed by atoms with Crippen LogP contribution in [0.5, 0.6) is 0 Å². The number of nitrogens with one attached hydrogen (secondary N) is 1. The van der Waals surface area contributed by atoms with Gasteiger partial charge < -0.3 is 11.1 Å². The Morgan fingerprint density at radius 2 is 2.15 bits per heavy atom. The highest BCUT2D eigenvalue weighted by Gasteiger charge is 2.12. The van der Waals surface area contributed by atoms with Crippen molar-refractivity contribution in [2.75, 3.05) is 11.1 Å². The number of nitrogen functional groups attached to an aromatic ring is 1. The molecule has 0 spiro atoms. The Bertz CT molecular complexity index is 755. The van der Waals surface area contributed by atoms with Crippen molar-refractivity contribution in [1.29, 1.82) is 0 Å². The van der Waals surface area contributed by atoms with E-state index in [1.165, 1.54) is 0 Å². The van der Waals surface area contributed by atoms with Gasteiger partial charge in [-0.05, 0) is 23.9 Å². The molecule has 0 saturated heterocycles. The summed E-state index contributed by atoms with van der Waals surface area (Å²) in [5, 5.41) is 10.00. The van der Waals surface area contributed by atoms with Gasteiger partial charge in [-0.25, -0.2) is 0 Å². The molecule has 2 aromatic heterocycles. The van der Waals surface area contributed by atoms with Crippen LogP contribution in [0.2, 0.25) is 0 Å².